The third kappa shape index (κ3) is 5.34. The van der Waals surface area contributed by atoms with Crippen molar-refractivity contribution in [2.75, 3.05) is 6.61 Å². The number of rotatable bonds is 7. The van der Waals surface area contributed by atoms with E-state index < -0.39 is 0 Å². The van der Waals surface area contributed by atoms with Gasteiger partial charge in [-0.15, -0.1) is 0 Å². The van der Waals surface area contributed by atoms with Crippen LogP contribution < -0.4 is 5.32 Å². The van der Waals surface area contributed by atoms with Gasteiger partial charge in [0.25, 0.3) is 5.91 Å². The second-order valence-corrected chi connectivity index (χ2v) is 6.69. The van der Waals surface area contributed by atoms with Gasteiger partial charge in [0.15, 0.2) is 5.82 Å². The lowest BCUT2D eigenvalue weighted by atomic mass is 10.1. The van der Waals surface area contributed by atoms with Gasteiger partial charge >= 0.3 is 0 Å². The molecule has 3 rings (SSSR count). The zero-order valence-electron chi connectivity index (χ0n) is 16.3. The Bertz CT molecular complexity index is 1010. The number of benzene rings is 1. The van der Waals surface area contributed by atoms with E-state index >= 15 is 0 Å². The molecule has 29 heavy (non-hydrogen) atoms. The number of nitrogens with zero attached hydrogens (tertiary/aromatic N) is 4. The Morgan fingerprint density at radius 2 is 1.97 bits per heavy atom. The molecule has 0 saturated heterocycles. The van der Waals surface area contributed by atoms with E-state index in [1.165, 1.54) is 0 Å². The van der Waals surface area contributed by atoms with Gasteiger partial charge in [0.05, 0.1) is 30.7 Å². The van der Waals surface area contributed by atoms with Crippen LogP contribution in [0.2, 0.25) is 0 Å². The quantitative estimate of drug-likeness (QED) is 0.563. The molecule has 1 aromatic carbocycles. The first-order chi connectivity index (χ1) is 14.0. The van der Waals surface area contributed by atoms with Crippen molar-refractivity contribution < 1.29 is 15.0 Å². The molecule has 0 bridgehead atoms. The standard InChI is InChI=1S/C21H23N5O3/c1-14(12-27)23-21(29)19-9-18(8-7-15-3-5-16(13-28)6-4-15)24-20(25-19)17-10-22-26(2)11-17/h3-11,14,27-28H,12-13H2,1-2H3,(H,23,29)/b8-7+/t14-/m0/s1. The zero-order valence-corrected chi connectivity index (χ0v) is 16.3. The van der Waals surface area contributed by atoms with Crippen LogP contribution in [0, 0.1) is 0 Å². The van der Waals surface area contributed by atoms with Gasteiger partial charge in [-0.3, -0.25) is 9.48 Å². The maximum absolute atomic E-state index is 12.5. The van der Waals surface area contributed by atoms with Crippen molar-refractivity contribution in [3.8, 4) is 11.4 Å². The molecule has 2 aromatic heterocycles. The first kappa shape index (κ1) is 20.4. The Kier molecular flexibility index (Phi) is 6.48. The normalized spacial score (nSPS) is 12.3. The fourth-order valence-electron chi connectivity index (χ4n) is 2.59. The third-order valence-electron chi connectivity index (χ3n) is 4.20. The molecule has 8 heteroatoms. The van der Waals surface area contributed by atoms with Crippen LogP contribution in [0.5, 0.6) is 0 Å². The number of carbonyl (C=O) groups excluding carboxylic acids is 1. The van der Waals surface area contributed by atoms with E-state index in [2.05, 4.69) is 20.4 Å². The molecule has 0 unspecified atom stereocenters. The maximum atomic E-state index is 12.5. The van der Waals surface area contributed by atoms with Crippen molar-refractivity contribution in [3.63, 3.8) is 0 Å². The second-order valence-electron chi connectivity index (χ2n) is 6.69. The van der Waals surface area contributed by atoms with Crippen molar-refractivity contribution in [3.05, 3.63) is 65.2 Å². The van der Waals surface area contributed by atoms with Crippen molar-refractivity contribution >= 4 is 18.1 Å². The van der Waals surface area contributed by atoms with Gasteiger partial charge < -0.3 is 15.5 Å². The summed E-state index contributed by atoms with van der Waals surface area (Å²) in [7, 11) is 1.79. The molecule has 0 aliphatic carbocycles. The molecule has 0 aliphatic heterocycles. The minimum Gasteiger partial charge on any atom is -0.394 e. The van der Waals surface area contributed by atoms with Gasteiger partial charge in [0.1, 0.15) is 5.69 Å². The fraction of sp³-hybridized carbons (Fsp3) is 0.238. The average Bonchev–Trinajstić information content (AvgIpc) is 3.18. The van der Waals surface area contributed by atoms with Gasteiger partial charge in [-0.2, -0.15) is 5.10 Å². The van der Waals surface area contributed by atoms with Crippen LogP contribution in [0.4, 0.5) is 0 Å². The predicted molar refractivity (Wildman–Crippen MR) is 110 cm³/mol. The maximum Gasteiger partial charge on any atom is 0.270 e. The summed E-state index contributed by atoms with van der Waals surface area (Å²) >= 11 is 0. The van der Waals surface area contributed by atoms with Crippen LogP contribution >= 0.6 is 0 Å². The molecule has 3 aromatic rings. The monoisotopic (exact) mass is 393 g/mol. The van der Waals surface area contributed by atoms with E-state index in [0.29, 0.717) is 17.1 Å². The number of aliphatic hydroxyl groups is 2. The van der Waals surface area contributed by atoms with Gasteiger partial charge in [0, 0.05) is 19.3 Å². The lowest BCUT2D eigenvalue weighted by Crippen LogP contribution is -2.35. The highest BCUT2D eigenvalue weighted by atomic mass is 16.3. The van der Waals surface area contributed by atoms with Crippen LogP contribution in [-0.2, 0) is 13.7 Å². The molecule has 1 atom stereocenters. The highest BCUT2D eigenvalue weighted by molar-refractivity contribution is 5.93. The molecule has 0 saturated carbocycles. The fourth-order valence-corrected chi connectivity index (χ4v) is 2.59. The molecule has 0 fully saturated rings. The molecule has 2 heterocycles. The zero-order chi connectivity index (χ0) is 20.8. The molecule has 1 amide bonds. The van der Waals surface area contributed by atoms with Crippen molar-refractivity contribution in [1.29, 1.82) is 0 Å². The van der Waals surface area contributed by atoms with E-state index in [1.54, 1.807) is 43.2 Å². The molecule has 0 radical (unpaired) electrons. The third-order valence-corrected chi connectivity index (χ3v) is 4.20. The molecule has 0 aliphatic rings. The Hall–Kier alpha value is -3.36. The average molecular weight is 393 g/mol. The highest BCUT2D eigenvalue weighted by Gasteiger charge is 2.15. The summed E-state index contributed by atoms with van der Waals surface area (Å²) in [5.74, 6) is -0.00119. The highest BCUT2D eigenvalue weighted by Crippen LogP contribution is 2.17. The van der Waals surface area contributed by atoms with Crippen molar-refractivity contribution in [2.24, 2.45) is 7.05 Å². The summed E-state index contributed by atoms with van der Waals surface area (Å²) < 4.78 is 1.64. The summed E-state index contributed by atoms with van der Waals surface area (Å²) in [6.07, 6.45) is 7.07. The van der Waals surface area contributed by atoms with Gasteiger partial charge in [0.2, 0.25) is 0 Å². The SMILES string of the molecule is C[C@@H](CO)NC(=O)c1cc(/C=C/c2ccc(CO)cc2)nc(-c2cnn(C)c2)n1. The minimum atomic E-state index is -0.388. The Balaban J connectivity index is 1.94. The summed E-state index contributed by atoms with van der Waals surface area (Å²) in [6, 6.07) is 8.68. The van der Waals surface area contributed by atoms with Gasteiger partial charge in [-0.1, -0.05) is 30.3 Å². The Morgan fingerprint density at radius 3 is 2.59 bits per heavy atom. The number of hydrogen-bond acceptors (Lipinski definition) is 6. The summed E-state index contributed by atoms with van der Waals surface area (Å²) in [6.45, 7) is 1.54. The number of aromatic nitrogens is 4. The Labute approximate surface area is 168 Å². The Morgan fingerprint density at radius 1 is 1.21 bits per heavy atom. The van der Waals surface area contributed by atoms with E-state index in [0.717, 1.165) is 11.1 Å². The number of aryl methyl sites for hydroxylation is 1. The van der Waals surface area contributed by atoms with Gasteiger partial charge in [-0.25, -0.2) is 9.97 Å². The van der Waals surface area contributed by atoms with Crippen LogP contribution in [0.3, 0.4) is 0 Å². The van der Waals surface area contributed by atoms with Gasteiger partial charge in [-0.05, 0) is 30.2 Å². The van der Waals surface area contributed by atoms with Crippen LogP contribution in [0.15, 0.2) is 42.7 Å². The molecule has 0 spiro atoms. The lowest BCUT2D eigenvalue weighted by molar-refractivity contribution is 0.0917. The van der Waals surface area contributed by atoms with E-state index in [1.807, 2.05) is 30.3 Å². The van der Waals surface area contributed by atoms with E-state index in [4.69, 9.17) is 5.11 Å². The summed E-state index contributed by atoms with van der Waals surface area (Å²) in [4.78, 5) is 21.4. The van der Waals surface area contributed by atoms with Crippen LogP contribution in [0.25, 0.3) is 23.5 Å². The topological polar surface area (TPSA) is 113 Å². The van der Waals surface area contributed by atoms with Crippen molar-refractivity contribution in [1.82, 2.24) is 25.1 Å². The predicted octanol–water partition coefficient (Wildman–Crippen LogP) is 1.65. The van der Waals surface area contributed by atoms with E-state index in [9.17, 15) is 9.90 Å². The number of hydrogen-bond donors (Lipinski definition) is 3. The smallest absolute Gasteiger partial charge is 0.270 e. The number of carbonyl (C=O) groups is 1. The van der Waals surface area contributed by atoms with Crippen LogP contribution in [0.1, 0.15) is 34.2 Å². The minimum absolute atomic E-state index is 0.00485. The molecular weight excluding hydrogens is 370 g/mol. The van der Waals surface area contributed by atoms with Crippen LogP contribution in [-0.4, -0.2) is 48.5 Å². The van der Waals surface area contributed by atoms with Crippen molar-refractivity contribution in [2.45, 2.75) is 19.6 Å². The number of aliphatic hydroxyl groups excluding tert-OH is 2. The number of nitrogens with one attached hydrogen (secondary N) is 1. The molecule has 3 N–H and O–H groups in total. The largest absolute Gasteiger partial charge is 0.394 e. The molecule has 8 nitrogen and oxygen atoms in total. The van der Waals surface area contributed by atoms with E-state index in [-0.39, 0.29) is 30.9 Å². The summed E-state index contributed by atoms with van der Waals surface area (Å²) in [5, 5.41) is 25.2. The lowest BCUT2D eigenvalue weighted by Gasteiger charge is -2.11. The number of amides is 1. The summed E-state index contributed by atoms with van der Waals surface area (Å²) in [5.41, 5.74) is 3.23. The second kappa shape index (κ2) is 9.22. The molecular formula is C21H23N5O3. The first-order valence-corrected chi connectivity index (χ1v) is 9.16. The molecule has 150 valence electrons. The first-order valence-electron chi connectivity index (χ1n) is 9.16.